The van der Waals surface area contributed by atoms with Gasteiger partial charge in [-0.1, -0.05) is 29.8 Å². The van der Waals surface area contributed by atoms with Gasteiger partial charge in [-0.15, -0.1) is 0 Å². The van der Waals surface area contributed by atoms with Crippen LogP contribution in [0.2, 0.25) is 5.02 Å². The zero-order valence-corrected chi connectivity index (χ0v) is 15.8. The van der Waals surface area contributed by atoms with Gasteiger partial charge in [0.1, 0.15) is 11.9 Å². The van der Waals surface area contributed by atoms with Crippen molar-refractivity contribution in [3.8, 4) is 5.69 Å². The molecule has 1 aliphatic heterocycles. The Bertz CT molecular complexity index is 1080. The van der Waals surface area contributed by atoms with Crippen LogP contribution in [0.3, 0.4) is 0 Å². The molecule has 1 unspecified atom stereocenters. The third kappa shape index (κ3) is 2.96. The van der Waals surface area contributed by atoms with Gasteiger partial charge in [0.25, 0.3) is 0 Å². The number of fused-ring (bicyclic) bond motifs is 1. The topological polar surface area (TPSA) is 58.4 Å². The zero-order valence-electron chi connectivity index (χ0n) is 15.1. The van der Waals surface area contributed by atoms with Crippen LogP contribution < -0.4 is 10.6 Å². The number of benzene rings is 2. The predicted molar refractivity (Wildman–Crippen MR) is 107 cm³/mol. The van der Waals surface area contributed by atoms with Crippen LogP contribution in [0, 0.1) is 0 Å². The van der Waals surface area contributed by atoms with E-state index in [-0.39, 0.29) is 11.9 Å². The van der Waals surface area contributed by atoms with E-state index in [4.69, 9.17) is 11.6 Å². The SMILES string of the molecule is CN(C)C(=O)C1CCN1c1nc(=O)n(-c2ccccc2)c2cc(Cl)ccc12. The molecule has 1 saturated heterocycles. The van der Waals surface area contributed by atoms with E-state index in [0.29, 0.717) is 22.9 Å². The van der Waals surface area contributed by atoms with Crippen molar-refractivity contribution in [1.82, 2.24) is 14.5 Å². The predicted octanol–water partition coefficient (Wildman–Crippen LogP) is 2.71. The number of aromatic nitrogens is 2. The first kappa shape index (κ1) is 17.5. The summed E-state index contributed by atoms with van der Waals surface area (Å²) < 4.78 is 1.55. The molecule has 0 spiro atoms. The fourth-order valence-electron chi connectivity index (χ4n) is 3.42. The number of hydrogen-bond acceptors (Lipinski definition) is 4. The molecule has 7 heteroatoms. The summed E-state index contributed by atoms with van der Waals surface area (Å²) in [4.78, 5) is 33.1. The largest absolute Gasteiger partial charge is 0.354 e. The summed E-state index contributed by atoms with van der Waals surface area (Å²) in [5.41, 5.74) is 0.999. The first-order chi connectivity index (χ1) is 13.0. The maximum absolute atomic E-state index is 12.9. The van der Waals surface area contributed by atoms with Crippen molar-refractivity contribution in [1.29, 1.82) is 0 Å². The number of rotatable bonds is 3. The molecule has 2 heterocycles. The van der Waals surface area contributed by atoms with Crippen molar-refractivity contribution in [2.75, 3.05) is 25.5 Å². The van der Waals surface area contributed by atoms with Crippen LogP contribution in [-0.2, 0) is 4.79 Å². The van der Waals surface area contributed by atoms with Crippen LogP contribution in [0.1, 0.15) is 6.42 Å². The van der Waals surface area contributed by atoms with Gasteiger partial charge in [0, 0.05) is 31.0 Å². The van der Waals surface area contributed by atoms with E-state index in [0.717, 1.165) is 17.5 Å². The average molecular weight is 383 g/mol. The number of halogens is 1. The Hall–Kier alpha value is -2.86. The van der Waals surface area contributed by atoms with Crippen molar-refractivity contribution < 1.29 is 4.79 Å². The maximum Gasteiger partial charge on any atom is 0.354 e. The van der Waals surface area contributed by atoms with E-state index in [9.17, 15) is 9.59 Å². The van der Waals surface area contributed by atoms with E-state index in [1.54, 1.807) is 35.7 Å². The lowest BCUT2D eigenvalue weighted by molar-refractivity contribution is -0.131. The van der Waals surface area contributed by atoms with Crippen LogP contribution in [0.5, 0.6) is 0 Å². The number of para-hydroxylation sites is 1. The van der Waals surface area contributed by atoms with Gasteiger partial charge in [-0.25, -0.2) is 4.79 Å². The fraction of sp³-hybridized carbons (Fsp3) is 0.250. The molecule has 0 bridgehead atoms. The van der Waals surface area contributed by atoms with E-state index in [2.05, 4.69) is 4.98 Å². The summed E-state index contributed by atoms with van der Waals surface area (Å²) in [5.74, 6) is 0.544. The lowest BCUT2D eigenvalue weighted by Crippen LogP contribution is -2.56. The summed E-state index contributed by atoms with van der Waals surface area (Å²) in [6.45, 7) is 0.684. The first-order valence-electron chi connectivity index (χ1n) is 8.73. The normalized spacial score (nSPS) is 16.3. The summed E-state index contributed by atoms with van der Waals surface area (Å²) in [7, 11) is 3.47. The molecule has 27 heavy (non-hydrogen) atoms. The standard InChI is InChI=1S/C20H19ClN4O2/c1-23(2)19(26)16-10-11-24(16)18-15-9-8-13(21)12-17(15)25(20(27)22-18)14-6-4-3-5-7-14/h3-9,12,16H,10-11H2,1-2H3. The maximum atomic E-state index is 12.9. The van der Waals surface area contributed by atoms with E-state index in [1.807, 2.05) is 41.3 Å². The Morgan fingerprint density at radius 3 is 2.56 bits per heavy atom. The number of likely N-dealkylation sites (N-methyl/N-ethyl adjacent to an activating group) is 1. The molecule has 1 fully saturated rings. The van der Waals surface area contributed by atoms with Gasteiger partial charge in [-0.2, -0.15) is 4.98 Å². The van der Waals surface area contributed by atoms with Crippen molar-refractivity contribution >= 4 is 34.2 Å². The molecule has 6 nitrogen and oxygen atoms in total. The molecule has 2 aromatic carbocycles. The van der Waals surface area contributed by atoms with E-state index >= 15 is 0 Å². The molecule has 0 radical (unpaired) electrons. The molecule has 1 aliphatic rings. The van der Waals surface area contributed by atoms with Crippen molar-refractivity contribution in [2.24, 2.45) is 0 Å². The number of amides is 1. The minimum atomic E-state index is -0.395. The number of anilines is 1. The lowest BCUT2D eigenvalue weighted by atomic mass is 10.0. The van der Waals surface area contributed by atoms with Crippen LogP contribution >= 0.6 is 11.6 Å². The molecule has 138 valence electrons. The second-order valence-corrected chi connectivity index (χ2v) is 7.22. The molecule has 3 aromatic rings. The van der Waals surface area contributed by atoms with Crippen molar-refractivity contribution in [3.63, 3.8) is 0 Å². The molecular weight excluding hydrogens is 364 g/mol. The quantitative estimate of drug-likeness (QED) is 0.698. The Kier molecular flexibility index (Phi) is 4.36. The third-order valence-electron chi connectivity index (χ3n) is 4.87. The highest BCUT2D eigenvalue weighted by molar-refractivity contribution is 6.31. The zero-order chi connectivity index (χ0) is 19.1. The molecule has 0 saturated carbocycles. The van der Waals surface area contributed by atoms with Gasteiger partial charge in [0.05, 0.1) is 11.2 Å². The molecule has 0 N–H and O–H groups in total. The van der Waals surface area contributed by atoms with Crippen LogP contribution in [0.15, 0.2) is 53.3 Å². The molecule has 0 aliphatic carbocycles. The highest BCUT2D eigenvalue weighted by atomic mass is 35.5. The van der Waals surface area contributed by atoms with Gasteiger partial charge >= 0.3 is 5.69 Å². The average Bonchev–Trinajstić information content (AvgIpc) is 2.61. The van der Waals surface area contributed by atoms with Gasteiger partial charge in [-0.05, 0) is 36.8 Å². The minimum absolute atomic E-state index is 0.0115. The highest BCUT2D eigenvalue weighted by Gasteiger charge is 2.37. The molecule has 1 aromatic heterocycles. The molecule has 1 amide bonds. The summed E-state index contributed by atoms with van der Waals surface area (Å²) in [6, 6.07) is 14.4. The second-order valence-electron chi connectivity index (χ2n) is 6.78. The first-order valence-corrected chi connectivity index (χ1v) is 9.10. The highest BCUT2D eigenvalue weighted by Crippen LogP contribution is 2.32. The van der Waals surface area contributed by atoms with Crippen LogP contribution in [0.4, 0.5) is 5.82 Å². The number of carbonyl (C=O) groups is 1. The van der Waals surface area contributed by atoms with Gasteiger partial charge < -0.3 is 9.80 Å². The number of carbonyl (C=O) groups excluding carboxylic acids is 1. The Labute approximate surface area is 161 Å². The smallest absolute Gasteiger partial charge is 0.347 e. The van der Waals surface area contributed by atoms with Crippen LogP contribution in [0.25, 0.3) is 16.6 Å². The van der Waals surface area contributed by atoms with Crippen molar-refractivity contribution in [2.45, 2.75) is 12.5 Å². The van der Waals surface area contributed by atoms with Crippen molar-refractivity contribution in [3.05, 3.63) is 64.0 Å². The third-order valence-corrected chi connectivity index (χ3v) is 5.10. The molecule has 1 atom stereocenters. The lowest BCUT2D eigenvalue weighted by Gasteiger charge is -2.42. The summed E-state index contributed by atoms with van der Waals surface area (Å²) in [5, 5.41) is 1.33. The molecule has 4 rings (SSSR count). The number of nitrogens with zero attached hydrogens (tertiary/aromatic N) is 4. The summed E-state index contributed by atoms with van der Waals surface area (Å²) in [6.07, 6.45) is 0.746. The van der Waals surface area contributed by atoms with Gasteiger partial charge in [0.15, 0.2) is 0 Å². The monoisotopic (exact) mass is 382 g/mol. The van der Waals surface area contributed by atoms with Crippen LogP contribution in [-0.4, -0.2) is 47.0 Å². The van der Waals surface area contributed by atoms with E-state index in [1.165, 1.54) is 0 Å². The Balaban J connectivity index is 1.92. The minimum Gasteiger partial charge on any atom is -0.347 e. The second kappa shape index (κ2) is 6.70. The van der Waals surface area contributed by atoms with E-state index < -0.39 is 5.69 Å². The number of hydrogen-bond donors (Lipinski definition) is 0. The van der Waals surface area contributed by atoms with Gasteiger partial charge in [0.2, 0.25) is 5.91 Å². The van der Waals surface area contributed by atoms with Gasteiger partial charge in [-0.3, -0.25) is 9.36 Å². The fourth-order valence-corrected chi connectivity index (χ4v) is 3.59. The Morgan fingerprint density at radius 2 is 1.93 bits per heavy atom. The Morgan fingerprint density at radius 1 is 1.19 bits per heavy atom. The summed E-state index contributed by atoms with van der Waals surface area (Å²) >= 11 is 6.22. The molecular formula is C20H19ClN4O2.